The van der Waals surface area contributed by atoms with E-state index < -0.39 is 0 Å². The SMILES string of the molecule is Cc1cc(C(=O)NCc2ccc(CN)nc2)c(C)n1Cc1csc(-c2ccccc2)n1. The molecular formula is C24H25N5OS. The van der Waals surface area contributed by atoms with Crippen molar-refractivity contribution in [2.45, 2.75) is 33.5 Å². The monoisotopic (exact) mass is 431 g/mol. The van der Waals surface area contributed by atoms with Crippen LogP contribution in [-0.2, 0) is 19.6 Å². The minimum Gasteiger partial charge on any atom is -0.348 e. The molecule has 6 nitrogen and oxygen atoms in total. The molecule has 4 aromatic rings. The van der Waals surface area contributed by atoms with E-state index in [9.17, 15) is 4.79 Å². The standard InChI is InChI=1S/C24H25N5OS/c1-16-10-22(23(30)27-13-18-8-9-20(11-25)26-12-18)17(2)29(16)14-21-15-31-24(28-21)19-6-4-3-5-7-19/h3-10,12,15H,11,13-14,25H2,1-2H3,(H,27,30). The van der Waals surface area contributed by atoms with Gasteiger partial charge in [-0.3, -0.25) is 9.78 Å². The number of pyridine rings is 1. The van der Waals surface area contributed by atoms with Crippen molar-refractivity contribution in [3.8, 4) is 10.6 Å². The normalized spacial score (nSPS) is 10.9. The number of amides is 1. The van der Waals surface area contributed by atoms with Crippen LogP contribution in [0.25, 0.3) is 10.6 Å². The molecule has 0 atom stereocenters. The Morgan fingerprint density at radius 3 is 2.65 bits per heavy atom. The smallest absolute Gasteiger partial charge is 0.253 e. The summed E-state index contributed by atoms with van der Waals surface area (Å²) in [6.45, 7) is 5.46. The van der Waals surface area contributed by atoms with Crippen molar-refractivity contribution >= 4 is 17.2 Å². The summed E-state index contributed by atoms with van der Waals surface area (Å²) in [4.78, 5) is 21.8. The third-order valence-corrected chi connectivity index (χ3v) is 6.20. The zero-order valence-corrected chi connectivity index (χ0v) is 18.4. The Kier molecular flexibility index (Phi) is 6.25. The van der Waals surface area contributed by atoms with Crippen molar-refractivity contribution in [2.24, 2.45) is 5.73 Å². The summed E-state index contributed by atoms with van der Waals surface area (Å²) in [5.74, 6) is -0.0921. The lowest BCUT2D eigenvalue weighted by Gasteiger charge is -2.09. The van der Waals surface area contributed by atoms with Gasteiger partial charge < -0.3 is 15.6 Å². The number of nitrogens with two attached hydrogens (primary N) is 1. The van der Waals surface area contributed by atoms with Crippen LogP contribution in [0, 0.1) is 13.8 Å². The molecule has 31 heavy (non-hydrogen) atoms. The minimum absolute atomic E-state index is 0.0921. The summed E-state index contributed by atoms with van der Waals surface area (Å²) in [5.41, 5.74) is 12.1. The summed E-state index contributed by atoms with van der Waals surface area (Å²) in [6.07, 6.45) is 1.75. The summed E-state index contributed by atoms with van der Waals surface area (Å²) < 4.78 is 2.14. The molecule has 1 aromatic carbocycles. The molecule has 3 heterocycles. The van der Waals surface area contributed by atoms with E-state index in [-0.39, 0.29) is 5.91 Å². The van der Waals surface area contributed by atoms with Crippen LogP contribution in [0.1, 0.15) is 38.7 Å². The van der Waals surface area contributed by atoms with Gasteiger partial charge in [0.2, 0.25) is 0 Å². The molecular weight excluding hydrogens is 406 g/mol. The number of benzene rings is 1. The van der Waals surface area contributed by atoms with Crippen LogP contribution in [0.4, 0.5) is 0 Å². The van der Waals surface area contributed by atoms with E-state index in [1.165, 1.54) is 0 Å². The number of carbonyl (C=O) groups is 1. The highest BCUT2D eigenvalue weighted by Gasteiger charge is 2.17. The van der Waals surface area contributed by atoms with Crippen LogP contribution in [0.15, 0.2) is 60.1 Å². The maximum atomic E-state index is 12.8. The van der Waals surface area contributed by atoms with Gasteiger partial charge in [0.05, 0.1) is 23.5 Å². The quantitative estimate of drug-likeness (QED) is 0.462. The first-order valence-corrected chi connectivity index (χ1v) is 11.0. The number of rotatable bonds is 7. The molecule has 1 amide bonds. The van der Waals surface area contributed by atoms with Crippen molar-refractivity contribution in [3.63, 3.8) is 0 Å². The molecule has 0 fully saturated rings. The fourth-order valence-electron chi connectivity index (χ4n) is 3.49. The Hall–Kier alpha value is -3.29. The van der Waals surface area contributed by atoms with Gasteiger partial charge in [0.1, 0.15) is 5.01 Å². The Bertz CT molecular complexity index is 1180. The minimum atomic E-state index is -0.0921. The molecule has 0 spiro atoms. The average molecular weight is 432 g/mol. The van der Waals surface area contributed by atoms with Crippen LogP contribution in [0.2, 0.25) is 0 Å². The highest BCUT2D eigenvalue weighted by molar-refractivity contribution is 7.13. The first kappa shape index (κ1) is 21.0. The largest absolute Gasteiger partial charge is 0.348 e. The number of nitrogens with zero attached hydrogens (tertiary/aromatic N) is 3. The fraction of sp³-hybridized carbons (Fsp3) is 0.208. The molecule has 0 aliphatic rings. The predicted octanol–water partition coefficient (Wildman–Crippen LogP) is 4.06. The lowest BCUT2D eigenvalue weighted by molar-refractivity contribution is 0.0950. The van der Waals surface area contributed by atoms with Crippen molar-refractivity contribution in [1.29, 1.82) is 0 Å². The van der Waals surface area contributed by atoms with Crippen LogP contribution in [-0.4, -0.2) is 20.4 Å². The number of hydrogen-bond donors (Lipinski definition) is 2. The molecule has 158 valence electrons. The zero-order valence-electron chi connectivity index (χ0n) is 17.6. The van der Waals surface area contributed by atoms with Crippen molar-refractivity contribution in [3.05, 3.63) is 94.0 Å². The predicted molar refractivity (Wildman–Crippen MR) is 124 cm³/mol. The molecule has 0 aliphatic heterocycles. The van der Waals surface area contributed by atoms with Crippen molar-refractivity contribution < 1.29 is 4.79 Å². The highest BCUT2D eigenvalue weighted by atomic mass is 32.1. The van der Waals surface area contributed by atoms with Crippen molar-refractivity contribution in [2.75, 3.05) is 0 Å². The van der Waals surface area contributed by atoms with E-state index in [0.29, 0.717) is 25.2 Å². The molecule has 0 unspecified atom stereocenters. The Labute approximate surface area is 185 Å². The third kappa shape index (κ3) is 4.73. The van der Waals surface area contributed by atoms with Crippen LogP contribution in [0.3, 0.4) is 0 Å². The molecule has 7 heteroatoms. The molecule has 0 saturated carbocycles. The van der Waals surface area contributed by atoms with Gasteiger partial charge in [-0.25, -0.2) is 4.98 Å². The first-order chi connectivity index (χ1) is 15.0. The zero-order chi connectivity index (χ0) is 21.8. The lowest BCUT2D eigenvalue weighted by atomic mass is 10.2. The number of aromatic nitrogens is 3. The summed E-state index contributed by atoms with van der Waals surface area (Å²) in [5, 5.41) is 6.07. The topological polar surface area (TPSA) is 85.8 Å². The summed E-state index contributed by atoms with van der Waals surface area (Å²) in [7, 11) is 0. The summed E-state index contributed by atoms with van der Waals surface area (Å²) in [6, 6.07) is 15.9. The van der Waals surface area contributed by atoms with E-state index in [4.69, 9.17) is 10.7 Å². The fourth-order valence-corrected chi connectivity index (χ4v) is 4.30. The number of nitrogens with one attached hydrogen (secondary N) is 1. The molecule has 0 saturated heterocycles. The Balaban J connectivity index is 1.45. The van der Waals surface area contributed by atoms with E-state index in [0.717, 1.165) is 38.9 Å². The number of aryl methyl sites for hydroxylation is 1. The van der Waals surface area contributed by atoms with Gasteiger partial charge in [-0.05, 0) is 31.5 Å². The van der Waals surface area contributed by atoms with Crippen molar-refractivity contribution in [1.82, 2.24) is 19.9 Å². The number of carbonyl (C=O) groups excluding carboxylic acids is 1. The maximum absolute atomic E-state index is 12.8. The van der Waals surface area contributed by atoms with Gasteiger partial charge >= 0.3 is 0 Å². The van der Waals surface area contributed by atoms with Crippen LogP contribution >= 0.6 is 11.3 Å². The van der Waals surface area contributed by atoms with E-state index in [1.54, 1.807) is 17.5 Å². The van der Waals surface area contributed by atoms with Gasteiger partial charge in [-0.2, -0.15) is 0 Å². The highest BCUT2D eigenvalue weighted by Crippen LogP contribution is 2.25. The van der Waals surface area contributed by atoms with E-state index in [1.807, 2.05) is 50.2 Å². The van der Waals surface area contributed by atoms with Gasteiger partial charge in [-0.1, -0.05) is 36.4 Å². The molecule has 3 N–H and O–H groups in total. The second-order valence-electron chi connectivity index (χ2n) is 7.43. The molecule has 3 aromatic heterocycles. The lowest BCUT2D eigenvalue weighted by Crippen LogP contribution is -2.23. The van der Waals surface area contributed by atoms with Gasteiger partial charge in [-0.15, -0.1) is 11.3 Å². The number of hydrogen-bond acceptors (Lipinski definition) is 5. The third-order valence-electron chi connectivity index (χ3n) is 5.26. The Morgan fingerprint density at radius 2 is 1.94 bits per heavy atom. The second-order valence-corrected chi connectivity index (χ2v) is 8.28. The molecule has 0 aliphatic carbocycles. The second kappa shape index (κ2) is 9.24. The number of thiazole rings is 1. The average Bonchev–Trinajstić information content (AvgIpc) is 3.39. The van der Waals surface area contributed by atoms with E-state index in [2.05, 4.69) is 32.4 Å². The van der Waals surface area contributed by atoms with Crippen LogP contribution < -0.4 is 11.1 Å². The van der Waals surface area contributed by atoms with Gasteiger partial charge in [0, 0.05) is 41.6 Å². The molecule has 4 rings (SSSR count). The first-order valence-electron chi connectivity index (χ1n) is 10.1. The van der Waals surface area contributed by atoms with Gasteiger partial charge in [0.25, 0.3) is 5.91 Å². The Morgan fingerprint density at radius 1 is 1.13 bits per heavy atom. The van der Waals surface area contributed by atoms with Gasteiger partial charge in [0.15, 0.2) is 0 Å². The summed E-state index contributed by atoms with van der Waals surface area (Å²) >= 11 is 1.64. The van der Waals surface area contributed by atoms with E-state index >= 15 is 0 Å². The maximum Gasteiger partial charge on any atom is 0.253 e. The van der Waals surface area contributed by atoms with Crippen LogP contribution in [0.5, 0.6) is 0 Å². The molecule has 0 bridgehead atoms. The molecule has 0 radical (unpaired) electrons.